The van der Waals surface area contributed by atoms with Gasteiger partial charge in [-0.25, -0.2) is 4.98 Å². The number of aromatic nitrogens is 1. The van der Waals surface area contributed by atoms with Crippen LogP contribution in [0.2, 0.25) is 15.1 Å². The SMILES string of the molecule is C=CN(Cc1ccc(N(C)C(=O)c2c(Cl)c(Cl)c(SC3CCCC3)c(Cl)c2C=O)c2nc(C3C(=O)c4cc5ccccc5cc4C3=O)ccc12)C(=O)c1cccc2cccc(C)c12. The minimum Gasteiger partial charge on any atom is -0.311 e. The number of nitrogens with zero attached hydrogens (tertiary/aromatic N) is 3. The first kappa shape index (κ1) is 42.5. The summed E-state index contributed by atoms with van der Waals surface area (Å²) in [5.41, 5.74) is 3.19. The van der Waals surface area contributed by atoms with Gasteiger partial charge in [-0.1, -0.05) is 121 Å². The van der Waals surface area contributed by atoms with Crippen molar-refractivity contribution in [1.82, 2.24) is 9.88 Å². The average Bonchev–Trinajstić information content (AvgIpc) is 3.91. The molecule has 63 heavy (non-hydrogen) atoms. The summed E-state index contributed by atoms with van der Waals surface area (Å²) in [6.45, 7) is 6.00. The van der Waals surface area contributed by atoms with E-state index in [9.17, 15) is 24.0 Å². The van der Waals surface area contributed by atoms with Crippen molar-refractivity contribution in [3.8, 4) is 0 Å². The van der Waals surface area contributed by atoms with Crippen molar-refractivity contribution < 1.29 is 24.0 Å². The molecule has 2 aliphatic carbocycles. The van der Waals surface area contributed by atoms with Gasteiger partial charge < -0.3 is 9.80 Å². The van der Waals surface area contributed by atoms with Crippen molar-refractivity contribution in [3.05, 3.63) is 170 Å². The molecule has 0 bridgehead atoms. The van der Waals surface area contributed by atoms with Crippen LogP contribution in [-0.4, -0.2) is 51.8 Å². The van der Waals surface area contributed by atoms with E-state index in [1.165, 1.54) is 34.8 Å². The molecule has 0 unspecified atom stereocenters. The number of halogens is 3. The number of aryl methyl sites for hydroxylation is 1. The lowest BCUT2D eigenvalue weighted by Crippen LogP contribution is -2.29. The van der Waals surface area contributed by atoms with Crippen molar-refractivity contribution in [2.45, 2.75) is 55.2 Å². The molecule has 9 rings (SSSR count). The number of fused-ring (bicyclic) bond motifs is 4. The lowest BCUT2D eigenvalue weighted by molar-refractivity contribution is 0.0814. The van der Waals surface area contributed by atoms with Crippen LogP contribution in [0.4, 0.5) is 5.69 Å². The Bertz CT molecular complexity index is 3090. The molecule has 8 nitrogen and oxygen atoms in total. The number of hydrogen-bond donors (Lipinski definition) is 0. The molecule has 0 aliphatic heterocycles. The zero-order valence-corrected chi connectivity index (χ0v) is 37.3. The molecule has 12 heteroatoms. The minimum absolute atomic E-state index is 0.0507. The molecule has 0 saturated heterocycles. The van der Waals surface area contributed by atoms with Crippen molar-refractivity contribution >= 4 is 114 Å². The summed E-state index contributed by atoms with van der Waals surface area (Å²) < 4.78 is 0. The van der Waals surface area contributed by atoms with E-state index in [-0.39, 0.29) is 72.4 Å². The number of carbonyl (C=O) groups excluding carboxylic acids is 5. The molecule has 7 aromatic rings. The Balaban J connectivity index is 1.16. The van der Waals surface area contributed by atoms with Crippen LogP contribution in [0.5, 0.6) is 0 Å². The highest BCUT2D eigenvalue weighted by atomic mass is 35.5. The number of anilines is 1. The Morgan fingerprint density at radius 3 is 2.11 bits per heavy atom. The van der Waals surface area contributed by atoms with Gasteiger partial charge >= 0.3 is 0 Å². The normalized spacial score (nSPS) is 14.2. The van der Waals surface area contributed by atoms with Crippen LogP contribution in [0.3, 0.4) is 0 Å². The Morgan fingerprint density at radius 1 is 0.810 bits per heavy atom. The second-order valence-corrected chi connectivity index (χ2v) is 18.4. The third-order valence-electron chi connectivity index (χ3n) is 12.3. The number of ketones is 2. The fraction of sp³-hybridized carbons (Fsp3) is 0.176. The predicted molar refractivity (Wildman–Crippen MR) is 254 cm³/mol. The van der Waals surface area contributed by atoms with Gasteiger partial charge in [0.25, 0.3) is 11.8 Å². The number of carbonyl (C=O) groups is 5. The molecule has 2 amide bonds. The lowest BCUT2D eigenvalue weighted by Gasteiger charge is -2.25. The molecule has 1 aromatic heterocycles. The number of pyridine rings is 1. The molecular formula is C51H38Cl3N3O5S. The lowest BCUT2D eigenvalue weighted by atomic mass is 9.96. The molecule has 0 N–H and O–H groups in total. The molecule has 1 saturated carbocycles. The van der Waals surface area contributed by atoms with Crippen LogP contribution in [0.25, 0.3) is 32.4 Å². The highest BCUT2D eigenvalue weighted by Crippen LogP contribution is 2.48. The third kappa shape index (κ3) is 7.31. The van der Waals surface area contributed by atoms with Gasteiger partial charge in [0.2, 0.25) is 0 Å². The van der Waals surface area contributed by atoms with Gasteiger partial charge in [-0.3, -0.25) is 24.0 Å². The zero-order chi connectivity index (χ0) is 44.3. The van der Waals surface area contributed by atoms with Crippen molar-refractivity contribution in [2.75, 3.05) is 11.9 Å². The minimum atomic E-state index is -1.24. The Kier molecular flexibility index (Phi) is 11.5. The summed E-state index contributed by atoms with van der Waals surface area (Å²) in [5.74, 6) is -2.97. The third-order valence-corrected chi connectivity index (χ3v) is 15.2. The van der Waals surface area contributed by atoms with E-state index in [4.69, 9.17) is 39.8 Å². The summed E-state index contributed by atoms with van der Waals surface area (Å²) in [6, 6.07) is 29.3. The van der Waals surface area contributed by atoms with Gasteiger partial charge in [0, 0.05) is 51.0 Å². The first-order chi connectivity index (χ1) is 30.4. The van der Waals surface area contributed by atoms with E-state index in [2.05, 4.69) is 6.58 Å². The summed E-state index contributed by atoms with van der Waals surface area (Å²) >= 11 is 22.1. The summed E-state index contributed by atoms with van der Waals surface area (Å²) in [4.78, 5) is 78.3. The fourth-order valence-corrected chi connectivity index (χ4v) is 11.4. The number of thioether (sulfide) groups is 1. The predicted octanol–water partition coefficient (Wildman–Crippen LogP) is 12.9. The van der Waals surface area contributed by atoms with Gasteiger partial charge in [-0.15, -0.1) is 11.8 Å². The monoisotopic (exact) mass is 909 g/mol. The molecule has 314 valence electrons. The second kappa shape index (κ2) is 17.0. The van der Waals surface area contributed by atoms with Gasteiger partial charge in [0.15, 0.2) is 17.9 Å². The van der Waals surface area contributed by atoms with Gasteiger partial charge in [0.1, 0.15) is 5.92 Å². The number of aldehydes is 1. The maximum Gasteiger partial charge on any atom is 0.260 e. The largest absolute Gasteiger partial charge is 0.311 e. The zero-order valence-electron chi connectivity index (χ0n) is 34.2. The van der Waals surface area contributed by atoms with E-state index in [0.29, 0.717) is 38.8 Å². The highest BCUT2D eigenvalue weighted by molar-refractivity contribution is 8.00. The van der Waals surface area contributed by atoms with E-state index in [1.807, 2.05) is 61.5 Å². The Hall–Kier alpha value is -5.84. The van der Waals surface area contributed by atoms with Crippen molar-refractivity contribution in [2.24, 2.45) is 0 Å². The summed E-state index contributed by atoms with van der Waals surface area (Å²) in [6.07, 6.45) is 6.07. The molecule has 1 heterocycles. The smallest absolute Gasteiger partial charge is 0.260 e. The van der Waals surface area contributed by atoms with E-state index in [0.717, 1.165) is 52.8 Å². The topological polar surface area (TPSA) is 105 Å². The Morgan fingerprint density at radius 2 is 1.46 bits per heavy atom. The highest BCUT2D eigenvalue weighted by Gasteiger charge is 2.41. The van der Waals surface area contributed by atoms with E-state index < -0.39 is 11.8 Å². The first-order valence-corrected chi connectivity index (χ1v) is 22.5. The van der Waals surface area contributed by atoms with Gasteiger partial charge in [-0.05, 0) is 82.8 Å². The van der Waals surface area contributed by atoms with Crippen molar-refractivity contribution in [1.29, 1.82) is 0 Å². The number of Topliss-reactive ketones (excluding diaryl/α,β-unsaturated/α-hetero) is 2. The first-order valence-electron chi connectivity index (χ1n) is 20.5. The number of benzene rings is 6. The van der Waals surface area contributed by atoms with Crippen LogP contribution in [0.15, 0.2) is 115 Å². The fourth-order valence-electron chi connectivity index (χ4n) is 8.99. The molecule has 2 aliphatic rings. The second-order valence-electron chi connectivity index (χ2n) is 15.9. The van der Waals surface area contributed by atoms with Crippen LogP contribution >= 0.6 is 46.6 Å². The quantitative estimate of drug-likeness (QED) is 0.0764. The number of amides is 2. The van der Waals surface area contributed by atoms with Gasteiger partial charge in [-0.2, -0.15) is 0 Å². The Labute approximate surface area is 382 Å². The maximum absolute atomic E-state index is 14.7. The summed E-state index contributed by atoms with van der Waals surface area (Å²) in [5, 5.41) is 4.24. The number of hydrogen-bond acceptors (Lipinski definition) is 7. The molecule has 0 radical (unpaired) electrons. The molecular weight excluding hydrogens is 873 g/mol. The van der Waals surface area contributed by atoms with E-state index >= 15 is 0 Å². The average molecular weight is 911 g/mol. The number of rotatable bonds is 10. The molecule has 1 fully saturated rings. The standard InChI is InChI=1S/C51H38Cl3N3O5S/c1-4-57(50(61)34-18-10-15-28-14-9-11-27(2)40(28)34)25-31-19-22-39(56(3)51(62)41-37(26-58)43(52)49(45(54)44(41)53)63-32-16-7-8-17-32)46-33(31)20-21-38(55-46)42-47(59)35-23-29-12-5-6-13-30(29)24-36(35)48(42)60/h4-6,9-15,18-24,26,32,42H,1,7-8,16-17,25H2,2-3H3. The maximum atomic E-state index is 14.7. The van der Waals surface area contributed by atoms with Gasteiger partial charge in [0.05, 0.1) is 44.1 Å². The molecule has 0 atom stereocenters. The van der Waals surface area contributed by atoms with Crippen LogP contribution in [0, 0.1) is 6.92 Å². The van der Waals surface area contributed by atoms with Crippen LogP contribution < -0.4 is 4.90 Å². The summed E-state index contributed by atoms with van der Waals surface area (Å²) in [7, 11) is 1.51. The molecule has 0 spiro atoms. The van der Waals surface area contributed by atoms with Crippen LogP contribution in [0.1, 0.15) is 100 Å². The van der Waals surface area contributed by atoms with Crippen LogP contribution in [-0.2, 0) is 6.54 Å². The van der Waals surface area contributed by atoms with E-state index in [1.54, 1.807) is 42.5 Å². The molecule has 6 aromatic carbocycles. The van der Waals surface area contributed by atoms with Crippen molar-refractivity contribution in [3.63, 3.8) is 0 Å².